The second kappa shape index (κ2) is 4.64. The number of carbonyl (C=O) groups excluding carboxylic acids is 1. The highest BCUT2D eigenvalue weighted by atomic mass is 35.5. The zero-order valence-electron chi connectivity index (χ0n) is 8.15. The number of benzene rings is 1. The summed E-state index contributed by atoms with van der Waals surface area (Å²) in [5.74, 6) is -0.167. The van der Waals surface area contributed by atoms with Gasteiger partial charge in [0.2, 0.25) is 5.78 Å². The van der Waals surface area contributed by atoms with Crippen molar-refractivity contribution in [3.8, 4) is 0 Å². The highest BCUT2D eigenvalue weighted by Gasteiger charge is 2.10. The van der Waals surface area contributed by atoms with E-state index < -0.39 is 0 Å². The Labute approximate surface area is 103 Å². The summed E-state index contributed by atoms with van der Waals surface area (Å²) in [5, 5.41) is 1.03. The van der Waals surface area contributed by atoms with Gasteiger partial charge in [-0.25, -0.2) is 0 Å². The third kappa shape index (κ3) is 2.40. The van der Waals surface area contributed by atoms with Crippen molar-refractivity contribution in [2.75, 3.05) is 0 Å². The number of hydrogen-bond acceptors (Lipinski definition) is 2. The molecule has 4 heteroatoms. The van der Waals surface area contributed by atoms with Crippen LogP contribution in [0.25, 0.3) is 0 Å². The molecule has 80 valence electrons. The molecule has 0 amide bonds. The van der Waals surface area contributed by atoms with Crippen molar-refractivity contribution in [1.29, 1.82) is 0 Å². The normalized spacial score (nSPS) is 10.1. The van der Waals surface area contributed by atoms with E-state index in [0.717, 1.165) is 0 Å². The summed E-state index contributed by atoms with van der Waals surface area (Å²) in [6.07, 6.45) is 1.44. The number of hydrogen-bond donors (Lipinski definition) is 0. The van der Waals surface area contributed by atoms with E-state index in [-0.39, 0.29) is 5.78 Å². The molecular weight excluding hydrogens is 245 g/mol. The second-order valence-electron chi connectivity index (χ2n) is 3.20. The molecule has 0 aliphatic rings. The average Bonchev–Trinajstić information content (AvgIpc) is 2.29. The van der Waals surface area contributed by atoms with Crippen LogP contribution in [0, 0.1) is 0 Å². The van der Waals surface area contributed by atoms with E-state index in [2.05, 4.69) is 4.98 Å². The van der Waals surface area contributed by atoms with E-state index in [0.29, 0.717) is 21.3 Å². The minimum atomic E-state index is -0.167. The van der Waals surface area contributed by atoms with Crippen molar-refractivity contribution in [2.45, 2.75) is 0 Å². The molecule has 1 aromatic heterocycles. The molecule has 2 nitrogen and oxygen atoms in total. The van der Waals surface area contributed by atoms with Gasteiger partial charge in [0.15, 0.2) is 0 Å². The Morgan fingerprint density at radius 1 is 1.06 bits per heavy atom. The van der Waals surface area contributed by atoms with Gasteiger partial charge in [-0.1, -0.05) is 35.3 Å². The Morgan fingerprint density at radius 2 is 1.88 bits per heavy atom. The van der Waals surface area contributed by atoms with Gasteiger partial charge in [-0.3, -0.25) is 9.78 Å². The van der Waals surface area contributed by atoms with Crippen LogP contribution in [-0.2, 0) is 0 Å². The Balaban J connectivity index is 2.35. The van der Waals surface area contributed by atoms with Gasteiger partial charge in [-0.15, -0.1) is 0 Å². The lowest BCUT2D eigenvalue weighted by Crippen LogP contribution is -2.03. The van der Waals surface area contributed by atoms with E-state index >= 15 is 0 Å². The largest absolute Gasteiger partial charge is 0.287 e. The number of pyridine rings is 1. The Kier molecular flexibility index (Phi) is 3.22. The van der Waals surface area contributed by atoms with Gasteiger partial charge in [0, 0.05) is 16.8 Å². The fourth-order valence-corrected chi connectivity index (χ4v) is 1.59. The van der Waals surface area contributed by atoms with Crippen LogP contribution in [0.15, 0.2) is 42.6 Å². The van der Waals surface area contributed by atoms with Gasteiger partial charge in [0.1, 0.15) is 5.69 Å². The number of nitrogens with zero attached hydrogens (tertiary/aromatic N) is 1. The number of aromatic nitrogens is 1. The summed E-state index contributed by atoms with van der Waals surface area (Å²) in [6.45, 7) is 0. The topological polar surface area (TPSA) is 30.0 Å². The first-order valence-corrected chi connectivity index (χ1v) is 5.34. The summed E-state index contributed by atoms with van der Waals surface area (Å²) in [5.41, 5.74) is 0.869. The molecule has 0 saturated heterocycles. The molecule has 0 aliphatic heterocycles. The molecule has 2 aromatic rings. The van der Waals surface area contributed by atoms with Crippen molar-refractivity contribution in [2.24, 2.45) is 0 Å². The van der Waals surface area contributed by atoms with Crippen molar-refractivity contribution in [3.05, 3.63) is 63.9 Å². The molecule has 0 spiro atoms. The maximum absolute atomic E-state index is 11.9. The van der Waals surface area contributed by atoms with Crippen LogP contribution in [0.5, 0.6) is 0 Å². The molecule has 0 unspecified atom stereocenters. The molecule has 1 aromatic carbocycles. The summed E-state index contributed by atoms with van der Waals surface area (Å²) >= 11 is 11.5. The van der Waals surface area contributed by atoms with Gasteiger partial charge in [-0.2, -0.15) is 0 Å². The van der Waals surface area contributed by atoms with E-state index in [1.54, 1.807) is 36.4 Å². The highest BCUT2D eigenvalue weighted by Crippen LogP contribution is 2.15. The molecule has 2 rings (SSSR count). The molecule has 0 radical (unpaired) electrons. The smallest absolute Gasteiger partial charge is 0.211 e. The van der Waals surface area contributed by atoms with Crippen LogP contribution in [0.2, 0.25) is 10.0 Å². The first-order chi connectivity index (χ1) is 7.66. The lowest BCUT2D eigenvalue weighted by Gasteiger charge is -2.00. The van der Waals surface area contributed by atoms with Crippen molar-refractivity contribution in [1.82, 2.24) is 4.98 Å². The van der Waals surface area contributed by atoms with E-state index in [9.17, 15) is 4.79 Å². The molecule has 0 aliphatic carbocycles. The Bertz CT molecular complexity index is 523. The van der Waals surface area contributed by atoms with Crippen LogP contribution in [0.3, 0.4) is 0 Å². The summed E-state index contributed by atoms with van der Waals surface area (Å²) in [7, 11) is 0. The minimum absolute atomic E-state index is 0.167. The zero-order chi connectivity index (χ0) is 11.5. The van der Waals surface area contributed by atoms with Gasteiger partial charge in [0.25, 0.3) is 0 Å². The second-order valence-corrected chi connectivity index (χ2v) is 4.07. The van der Waals surface area contributed by atoms with E-state index in [1.165, 1.54) is 6.20 Å². The van der Waals surface area contributed by atoms with Gasteiger partial charge < -0.3 is 0 Å². The summed E-state index contributed by atoms with van der Waals surface area (Å²) in [6, 6.07) is 9.97. The lowest BCUT2D eigenvalue weighted by molar-refractivity contribution is 0.103. The van der Waals surface area contributed by atoms with Crippen molar-refractivity contribution < 1.29 is 4.79 Å². The first kappa shape index (κ1) is 11.1. The molecule has 0 atom stereocenters. The maximum atomic E-state index is 11.9. The van der Waals surface area contributed by atoms with Gasteiger partial charge in [0.05, 0.1) is 5.02 Å². The minimum Gasteiger partial charge on any atom is -0.287 e. The van der Waals surface area contributed by atoms with Crippen LogP contribution in [0.4, 0.5) is 0 Å². The van der Waals surface area contributed by atoms with Crippen LogP contribution >= 0.6 is 23.2 Å². The third-order valence-electron chi connectivity index (χ3n) is 2.05. The molecule has 1 heterocycles. The predicted molar refractivity (Wildman–Crippen MR) is 64.1 cm³/mol. The van der Waals surface area contributed by atoms with Crippen LogP contribution in [-0.4, -0.2) is 10.8 Å². The number of ketones is 1. The average molecular weight is 252 g/mol. The van der Waals surface area contributed by atoms with Crippen molar-refractivity contribution >= 4 is 29.0 Å². The maximum Gasteiger partial charge on any atom is 0.211 e. The fraction of sp³-hybridized carbons (Fsp3) is 0. The summed E-state index contributed by atoms with van der Waals surface area (Å²) in [4.78, 5) is 15.9. The number of halogens is 2. The lowest BCUT2D eigenvalue weighted by atomic mass is 10.1. The third-order valence-corrected chi connectivity index (χ3v) is 2.51. The standard InChI is InChI=1S/C12H7Cl2NO/c13-9-3-1-2-8(6-9)12(16)11-5-4-10(14)7-15-11/h1-7H. The van der Waals surface area contributed by atoms with Gasteiger partial charge >= 0.3 is 0 Å². The number of carbonyl (C=O) groups is 1. The molecular formula is C12H7Cl2NO. The fourth-order valence-electron chi connectivity index (χ4n) is 1.29. The van der Waals surface area contributed by atoms with Crippen molar-refractivity contribution in [3.63, 3.8) is 0 Å². The van der Waals surface area contributed by atoms with Crippen LogP contribution < -0.4 is 0 Å². The van der Waals surface area contributed by atoms with E-state index in [4.69, 9.17) is 23.2 Å². The molecule has 0 saturated carbocycles. The SMILES string of the molecule is O=C(c1cccc(Cl)c1)c1ccc(Cl)cn1. The zero-order valence-corrected chi connectivity index (χ0v) is 9.66. The molecule has 0 bridgehead atoms. The molecule has 0 fully saturated rings. The monoisotopic (exact) mass is 251 g/mol. The Hall–Kier alpha value is -1.38. The number of rotatable bonds is 2. The Morgan fingerprint density at radius 3 is 2.50 bits per heavy atom. The highest BCUT2D eigenvalue weighted by molar-refractivity contribution is 6.31. The molecule has 16 heavy (non-hydrogen) atoms. The quantitative estimate of drug-likeness (QED) is 0.764. The summed E-state index contributed by atoms with van der Waals surface area (Å²) < 4.78 is 0. The van der Waals surface area contributed by atoms with E-state index in [1.807, 2.05) is 0 Å². The molecule has 0 N–H and O–H groups in total. The first-order valence-electron chi connectivity index (χ1n) is 4.58. The predicted octanol–water partition coefficient (Wildman–Crippen LogP) is 3.62. The van der Waals surface area contributed by atoms with Gasteiger partial charge in [-0.05, 0) is 24.3 Å². The van der Waals surface area contributed by atoms with Crippen LogP contribution in [0.1, 0.15) is 16.1 Å².